The van der Waals surface area contributed by atoms with Crippen LogP contribution in [0.5, 0.6) is 0 Å². The molecule has 0 aliphatic carbocycles. The van der Waals surface area contributed by atoms with Crippen molar-refractivity contribution in [1.29, 1.82) is 0 Å². The maximum Gasteiger partial charge on any atom is 0.158 e. The molecule has 0 spiro atoms. The molecule has 0 aromatic carbocycles. The smallest absolute Gasteiger partial charge is 0.158 e. The molecule has 0 N–H and O–H groups in total. The van der Waals surface area contributed by atoms with Crippen LogP contribution in [0.15, 0.2) is 34.9 Å². The maximum atomic E-state index is 12.0. The number of ether oxygens (including phenoxy) is 2. The van der Waals surface area contributed by atoms with Gasteiger partial charge >= 0.3 is 0 Å². The van der Waals surface area contributed by atoms with Gasteiger partial charge in [-0.15, -0.1) is 0 Å². The molecular weight excluding hydrogens is 300 g/mol. The summed E-state index contributed by atoms with van der Waals surface area (Å²) in [5.41, 5.74) is 3.45. The molecule has 3 heteroatoms. The predicted octanol–water partition coefficient (Wildman–Crippen LogP) is 5.52. The maximum absolute atomic E-state index is 12.0. The van der Waals surface area contributed by atoms with Crippen molar-refractivity contribution < 1.29 is 14.3 Å². The van der Waals surface area contributed by atoms with Gasteiger partial charge in [-0.05, 0) is 71.8 Å². The number of carbonyl (C=O) groups is 1. The zero-order chi connectivity index (χ0) is 17.8. The average Bonchev–Trinajstić information content (AvgIpc) is 2.55. The molecule has 0 aromatic rings. The van der Waals surface area contributed by atoms with Crippen molar-refractivity contribution in [2.45, 2.75) is 78.9 Å². The summed E-state index contributed by atoms with van der Waals surface area (Å²) in [5.74, 6) is 0.256. The van der Waals surface area contributed by atoms with E-state index in [1.165, 1.54) is 17.6 Å². The Morgan fingerprint density at radius 3 is 2.46 bits per heavy atom. The summed E-state index contributed by atoms with van der Waals surface area (Å²) in [6.07, 6.45) is 12.9. The van der Waals surface area contributed by atoms with Crippen LogP contribution in [-0.4, -0.2) is 25.3 Å². The third-order valence-electron chi connectivity index (χ3n) is 4.20. The molecule has 136 valence electrons. The molecule has 3 nitrogen and oxygen atoms in total. The Kier molecular flexibility index (Phi) is 10.6. The molecule has 0 amide bonds. The van der Waals surface area contributed by atoms with Gasteiger partial charge in [-0.2, -0.15) is 0 Å². The minimum Gasteiger partial charge on any atom is -0.353 e. The van der Waals surface area contributed by atoms with Crippen LogP contribution >= 0.6 is 0 Å². The first kappa shape index (κ1) is 20.9. The van der Waals surface area contributed by atoms with Crippen molar-refractivity contribution in [3.8, 4) is 0 Å². The SMILES string of the molecule is CC(C)=CCCC(=O)/C(C)=C/CC/C(C)=C/COC1CCCCO1. The largest absolute Gasteiger partial charge is 0.353 e. The van der Waals surface area contributed by atoms with E-state index >= 15 is 0 Å². The highest BCUT2D eigenvalue weighted by Gasteiger charge is 2.12. The molecule has 1 aliphatic heterocycles. The molecule has 24 heavy (non-hydrogen) atoms. The third kappa shape index (κ3) is 9.84. The molecular formula is C21H34O3. The Hall–Kier alpha value is -1.19. The Balaban J connectivity index is 2.21. The van der Waals surface area contributed by atoms with E-state index < -0.39 is 0 Å². The van der Waals surface area contributed by atoms with Crippen LogP contribution in [0.1, 0.15) is 72.6 Å². The van der Waals surface area contributed by atoms with E-state index in [0.717, 1.165) is 44.3 Å². The number of hydrogen-bond acceptors (Lipinski definition) is 3. The molecule has 1 atom stereocenters. The zero-order valence-electron chi connectivity index (χ0n) is 15.9. The zero-order valence-corrected chi connectivity index (χ0v) is 15.9. The lowest BCUT2D eigenvalue weighted by atomic mass is 10.0. The first-order chi connectivity index (χ1) is 11.5. The number of ketones is 1. The summed E-state index contributed by atoms with van der Waals surface area (Å²) in [6.45, 7) is 9.59. The number of hydrogen-bond donors (Lipinski definition) is 0. The van der Waals surface area contributed by atoms with Gasteiger partial charge in [-0.3, -0.25) is 4.79 Å². The summed E-state index contributed by atoms with van der Waals surface area (Å²) in [4.78, 5) is 12.0. The summed E-state index contributed by atoms with van der Waals surface area (Å²) < 4.78 is 11.3. The topological polar surface area (TPSA) is 35.5 Å². The third-order valence-corrected chi connectivity index (χ3v) is 4.20. The van der Waals surface area contributed by atoms with Crippen molar-refractivity contribution in [3.63, 3.8) is 0 Å². The molecule has 0 aromatic heterocycles. The highest BCUT2D eigenvalue weighted by atomic mass is 16.7. The van der Waals surface area contributed by atoms with Gasteiger partial charge in [0.2, 0.25) is 0 Å². The van der Waals surface area contributed by atoms with Gasteiger partial charge in [0.05, 0.1) is 6.61 Å². The van der Waals surface area contributed by atoms with Crippen LogP contribution in [-0.2, 0) is 14.3 Å². The first-order valence-corrected chi connectivity index (χ1v) is 9.21. The molecule has 0 saturated carbocycles. The Morgan fingerprint density at radius 2 is 1.79 bits per heavy atom. The standard InChI is InChI=1S/C21H34O3/c1-17(2)9-7-12-20(22)19(4)11-8-10-18(3)14-16-24-21-13-5-6-15-23-21/h9,11,14,21H,5-8,10,12-13,15-16H2,1-4H3/b18-14+,19-11+. The van der Waals surface area contributed by atoms with E-state index in [1.54, 1.807) is 0 Å². The van der Waals surface area contributed by atoms with Crippen LogP contribution in [0.4, 0.5) is 0 Å². The van der Waals surface area contributed by atoms with Crippen molar-refractivity contribution in [2.24, 2.45) is 0 Å². The minimum atomic E-state index is -0.0247. The van der Waals surface area contributed by atoms with E-state index in [9.17, 15) is 4.79 Å². The van der Waals surface area contributed by atoms with Gasteiger partial charge in [0.25, 0.3) is 0 Å². The molecule has 0 bridgehead atoms. The fraction of sp³-hybridized carbons (Fsp3) is 0.667. The second kappa shape index (κ2) is 12.2. The fourth-order valence-electron chi connectivity index (χ4n) is 2.56. The number of carbonyl (C=O) groups excluding carboxylic acids is 1. The summed E-state index contributed by atoms with van der Waals surface area (Å²) in [7, 11) is 0. The average molecular weight is 335 g/mol. The van der Waals surface area contributed by atoms with Gasteiger partial charge in [0, 0.05) is 13.0 Å². The highest BCUT2D eigenvalue weighted by molar-refractivity contribution is 5.94. The van der Waals surface area contributed by atoms with Gasteiger partial charge in [-0.25, -0.2) is 0 Å². The van der Waals surface area contributed by atoms with E-state index in [0.29, 0.717) is 13.0 Å². The van der Waals surface area contributed by atoms with Gasteiger partial charge in [0.1, 0.15) is 0 Å². The van der Waals surface area contributed by atoms with Gasteiger partial charge < -0.3 is 9.47 Å². The predicted molar refractivity (Wildman–Crippen MR) is 100.0 cm³/mol. The normalized spacial score (nSPS) is 19.2. The minimum absolute atomic E-state index is 0.0247. The molecule has 0 radical (unpaired) electrons. The molecule has 1 fully saturated rings. The van der Waals surface area contributed by atoms with Crippen molar-refractivity contribution in [3.05, 3.63) is 34.9 Å². The Morgan fingerprint density at radius 1 is 1.04 bits per heavy atom. The van der Waals surface area contributed by atoms with Crippen LogP contribution < -0.4 is 0 Å². The van der Waals surface area contributed by atoms with Crippen molar-refractivity contribution in [2.75, 3.05) is 13.2 Å². The molecule has 1 rings (SSSR count). The fourth-order valence-corrected chi connectivity index (χ4v) is 2.56. The van der Waals surface area contributed by atoms with Crippen LogP contribution in [0.2, 0.25) is 0 Å². The molecule has 1 heterocycles. The van der Waals surface area contributed by atoms with E-state index in [2.05, 4.69) is 39.0 Å². The Bertz CT molecular complexity index is 461. The molecule has 1 saturated heterocycles. The second-order valence-electron chi connectivity index (χ2n) is 6.85. The Labute approximate surface area is 147 Å². The van der Waals surface area contributed by atoms with Gasteiger partial charge in [-0.1, -0.05) is 29.4 Å². The lowest BCUT2D eigenvalue weighted by molar-refractivity contribution is -0.155. The van der Waals surface area contributed by atoms with Crippen LogP contribution in [0.25, 0.3) is 0 Å². The quantitative estimate of drug-likeness (QED) is 0.390. The van der Waals surface area contributed by atoms with Gasteiger partial charge in [0.15, 0.2) is 12.1 Å². The summed E-state index contributed by atoms with van der Waals surface area (Å²) in [5, 5.41) is 0. The number of Topliss-reactive ketones (excluding diaryl/α,β-unsaturated/α-hetero) is 1. The lowest BCUT2D eigenvalue weighted by Gasteiger charge is -2.22. The summed E-state index contributed by atoms with van der Waals surface area (Å²) in [6, 6.07) is 0. The number of rotatable bonds is 10. The van der Waals surface area contributed by atoms with E-state index in [-0.39, 0.29) is 12.1 Å². The van der Waals surface area contributed by atoms with Crippen LogP contribution in [0, 0.1) is 0 Å². The monoisotopic (exact) mass is 334 g/mol. The van der Waals surface area contributed by atoms with Crippen LogP contribution in [0.3, 0.4) is 0 Å². The van der Waals surface area contributed by atoms with E-state index in [1.807, 2.05) is 6.92 Å². The highest BCUT2D eigenvalue weighted by Crippen LogP contribution is 2.14. The van der Waals surface area contributed by atoms with E-state index in [4.69, 9.17) is 9.47 Å². The summed E-state index contributed by atoms with van der Waals surface area (Å²) >= 11 is 0. The first-order valence-electron chi connectivity index (χ1n) is 9.21. The lowest BCUT2D eigenvalue weighted by Crippen LogP contribution is -2.22. The molecule has 1 unspecified atom stereocenters. The second-order valence-corrected chi connectivity index (χ2v) is 6.85. The van der Waals surface area contributed by atoms with Crippen molar-refractivity contribution >= 4 is 5.78 Å². The number of allylic oxidation sites excluding steroid dienone is 5. The molecule has 1 aliphatic rings. The van der Waals surface area contributed by atoms with Crippen molar-refractivity contribution in [1.82, 2.24) is 0 Å².